The minimum atomic E-state index is -0.379. The minimum absolute atomic E-state index is 0.0912. The molecule has 5 nitrogen and oxygen atoms in total. The molecule has 0 atom stereocenters. The summed E-state index contributed by atoms with van der Waals surface area (Å²) < 4.78 is 0. The highest BCUT2D eigenvalue weighted by Crippen LogP contribution is 2.29. The summed E-state index contributed by atoms with van der Waals surface area (Å²) in [4.78, 5) is 14.8. The summed E-state index contributed by atoms with van der Waals surface area (Å²) in [7, 11) is 0. The van der Waals surface area contributed by atoms with Gasteiger partial charge < -0.3 is 5.32 Å². The van der Waals surface area contributed by atoms with Gasteiger partial charge in [-0.25, -0.2) is 0 Å². The van der Waals surface area contributed by atoms with Crippen LogP contribution in [-0.2, 0) is 0 Å². The van der Waals surface area contributed by atoms with Gasteiger partial charge in [0.05, 0.1) is 16.0 Å². The van der Waals surface area contributed by atoms with Crippen LogP contribution in [0, 0.1) is 10.1 Å². The first-order valence-electron chi connectivity index (χ1n) is 5.49. The second-order valence-corrected chi connectivity index (χ2v) is 4.69. The van der Waals surface area contributed by atoms with Crippen molar-refractivity contribution in [3.05, 3.63) is 40.6 Å². The summed E-state index contributed by atoms with van der Waals surface area (Å²) in [6.45, 7) is 0.810. The Kier molecular flexibility index (Phi) is 3.99. The van der Waals surface area contributed by atoms with E-state index in [1.54, 1.807) is 36.2 Å². The fourth-order valence-electron chi connectivity index (χ4n) is 1.75. The van der Waals surface area contributed by atoms with Crippen LogP contribution in [0.3, 0.4) is 0 Å². The Hall–Kier alpha value is -1.82. The van der Waals surface area contributed by atoms with E-state index in [0.29, 0.717) is 10.9 Å². The van der Waals surface area contributed by atoms with Gasteiger partial charge in [-0.2, -0.15) is 11.8 Å². The van der Waals surface area contributed by atoms with Crippen LogP contribution in [-0.4, -0.2) is 28.5 Å². The van der Waals surface area contributed by atoms with E-state index in [2.05, 4.69) is 10.3 Å². The number of aromatic nitrogens is 1. The molecule has 2 rings (SSSR count). The predicted molar refractivity (Wildman–Crippen MR) is 75.3 cm³/mol. The lowest BCUT2D eigenvalue weighted by Crippen LogP contribution is -2.05. The molecule has 0 unspecified atom stereocenters. The predicted octanol–water partition coefficient (Wildman–Crippen LogP) is 2.92. The first kappa shape index (κ1) is 12.6. The fraction of sp³-hybridized carbons (Fsp3) is 0.250. The van der Waals surface area contributed by atoms with Crippen LogP contribution in [0.4, 0.5) is 11.4 Å². The van der Waals surface area contributed by atoms with Gasteiger partial charge in [0, 0.05) is 24.6 Å². The van der Waals surface area contributed by atoms with Gasteiger partial charge >= 0.3 is 0 Å². The van der Waals surface area contributed by atoms with Crippen molar-refractivity contribution in [3.8, 4) is 0 Å². The lowest BCUT2D eigenvalue weighted by Gasteiger charge is -2.08. The van der Waals surface area contributed by atoms with Gasteiger partial charge in [0.15, 0.2) is 0 Å². The standard InChI is InChI=1S/C12H13N3O2S/c1-18-8-7-13-10-4-5-11(15(16)17)9-3-2-6-14-12(9)10/h2-6,13H,7-8H2,1H3. The van der Waals surface area contributed by atoms with E-state index in [-0.39, 0.29) is 10.6 Å². The number of benzene rings is 1. The van der Waals surface area contributed by atoms with Crippen LogP contribution in [0.5, 0.6) is 0 Å². The highest BCUT2D eigenvalue weighted by atomic mass is 32.2. The number of anilines is 1. The van der Waals surface area contributed by atoms with Gasteiger partial charge in [-0.1, -0.05) is 0 Å². The Labute approximate surface area is 109 Å². The van der Waals surface area contributed by atoms with Gasteiger partial charge in [-0.3, -0.25) is 15.1 Å². The molecule has 1 aromatic heterocycles. The van der Waals surface area contributed by atoms with E-state index in [9.17, 15) is 10.1 Å². The Bertz CT molecular complexity index is 574. The van der Waals surface area contributed by atoms with Gasteiger partial charge in [0.25, 0.3) is 5.69 Å². The molecule has 0 aliphatic heterocycles. The summed E-state index contributed by atoms with van der Waals surface area (Å²) in [6, 6.07) is 6.67. The SMILES string of the molecule is CSCCNc1ccc([N+](=O)[O-])c2cccnc12. The zero-order valence-electron chi connectivity index (χ0n) is 9.92. The van der Waals surface area contributed by atoms with Gasteiger partial charge in [-0.15, -0.1) is 0 Å². The number of nitro groups is 1. The highest BCUT2D eigenvalue weighted by molar-refractivity contribution is 7.98. The number of rotatable bonds is 5. The molecule has 0 fully saturated rings. The summed E-state index contributed by atoms with van der Waals surface area (Å²) in [5.41, 5.74) is 1.58. The van der Waals surface area contributed by atoms with Crippen molar-refractivity contribution in [1.82, 2.24) is 4.98 Å². The molecule has 0 spiro atoms. The third-order valence-corrected chi connectivity index (χ3v) is 3.18. The number of fused-ring (bicyclic) bond motifs is 1. The Morgan fingerprint density at radius 1 is 1.44 bits per heavy atom. The molecule has 1 heterocycles. The molecule has 1 aromatic carbocycles. The van der Waals surface area contributed by atoms with Crippen LogP contribution in [0.25, 0.3) is 10.9 Å². The lowest BCUT2D eigenvalue weighted by molar-refractivity contribution is -0.383. The van der Waals surface area contributed by atoms with Gasteiger partial charge in [0.1, 0.15) is 5.52 Å². The Balaban J connectivity index is 2.44. The summed E-state index contributed by atoms with van der Waals surface area (Å²) in [5, 5.41) is 14.8. The number of pyridine rings is 1. The first-order valence-corrected chi connectivity index (χ1v) is 6.88. The Morgan fingerprint density at radius 2 is 2.28 bits per heavy atom. The first-order chi connectivity index (χ1) is 8.74. The van der Waals surface area contributed by atoms with Crippen LogP contribution < -0.4 is 5.32 Å². The summed E-state index contributed by atoms with van der Waals surface area (Å²) >= 11 is 1.74. The van der Waals surface area contributed by atoms with E-state index in [1.807, 2.05) is 6.26 Å². The molecule has 1 N–H and O–H groups in total. The van der Waals surface area contributed by atoms with E-state index in [1.165, 1.54) is 6.07 Å². The molecule has 0 saturated heterocycles. The molecule has 18 heavy (non-hydrogen) atoms. The second-order valence-electron chi connectivity index (χ2n) is 3.71. The number of non-ortho nitro benzene ring substituents is 1. The largest absolute Gasteiger partial charge is 0.382 e. The van der Waals surface area contributed by atoms with Crippen LogP contribution >= 0.6 is 11.8 Å². The molecule has 0 radical (unpaired) electrons. The minimum Gasteiger partial charge on any atom is -0.382 e. The van der Waals surface area contributed by atoms with Crippen molar-refractivity contribution >= 4 is 34.0 Å². The number of nitro benzene ring substituents is 1. The van der Waals surface area contributed by atoms with Gasteiger partial charge in [0.2, 0.25) is 0 Å². The van der Waals surface area contributed by atoms with Crippen LogP contribution in [0.1, 0.15) is 0 Å². The Morgan fingerprint density at radius 3 is 3.00 bits per heavy atom. The molecule has 0 aliphatic rings. The van der Waals surface area contributed by atoms with Crippen molar-refractivity contribution in [2.45, 2.75) is 0 Å². The van der Waals surface area contributed by atoms with Crippen molar-refractivity contribution < 1.29 is 4.92 Å². The smallest absolute Gasteiger partial charge is 0.278 e. The lowest BCUT2D eigenvalue weighted by atomic mass is 10.1. The van der Waals surface area contributed by atoms with E-state index in [0.717, 1.165) is 18.0 Å². The van der Waals surface area contributed by atoms with Crippen molar-refractivity contribution in [3.63, 3.8) is 0 Å². The van der Waals surface area contributed by atoms with Crippen LogP contribution in [0.15, 0.2) is 30.5 Å². The fourth-order valence-corrected chi connectivity index (χ4v) is 2.05. The highest BCUT2D eigenvalue weighted by Gasteiger charge is 2.14. The molecule has 0 aliphatic carbocycles. The van der Waals surface area contributed by atoms with Crippen molar-refractivity contribution in [1.29, 1.82) is 0 Å². The topological polar surface area (TPSA) is 68.1 Å². The van der Waals surface area contributed by atoms with Crippen LogP contribution in [0.2, 0.25) is 0 Å². The second kappa shape index (κ2) is 5.68. The molecular weight excluding hydrogens is 250 g/mol. The number of nitrogens with one attached hydrogen (secondary N) is 1. The normalized spacial score (nSPS) is 10.5. The zero-order valence-corrected chi connectivity index (χ0v) is 10.7. The maximum absolute atomic E-state index is 10.9. The molecule has 0 saturated carbocycles. The maximum Gasteiger partial charge on any atom is 0.278 e. The molecule has 0 amide bonds. The average molecular weight is 263 g/mol. The number of nitrogens with zero attached hydrogens (tertiary/aromatic N) is 2. The summed E-state index contributed by atoms with van der Waals surface area (Å²) in [6.07, 6.45) is 3.68. The third kappa shape index (κ3) is 2.53. The maximum atomic E-state index is 10.9. The van der Waals surface area contributed by atoms with E-state index in [4.69, 9.17) is 0 Å². The molecule has 0 bridgehead atoms. The van der Waals surface area contributed by atoms with E-state index >= 15 is 0 Å². The summed E-state index contributed by atoms with van der Waals surface area (Å²) in [5.74, 6) is 0.977. The molecule has 94 valence electrons. The van der Waals surface area contributed by atoms with Crippen molar-refractivity contribution in [2.75, 3.05) is 23.9 Å². The number of thioether (sulfide) groups is 1. The third-order valence-electron chi connectivity index (χ3n) is 2.56. The zero-order chi connectivity index (χ0) is 13.0. The van der Waals surface area contributed by atoms with Gasteiger partial charge in [-0.05, 0) is 24.5 Å². The molecule has 6 heteroatoms. The quantitative estimate of drug-likeness (QED) is 0.510. The average Bonchev–Trinajstić information content (AvgIpc) is 2.38. The molecular formula is C12H13N3O2S. The molecule has 2 aromatic rings. The number of hydrogen-bond donors (Lipinski definition) is 1. The van der Waals surface area contributed by atoms with Crippen molar-refractivity contribution in [2.24, 2.45) is 0 Å². The van der Waals surface area contributed by atoms with E-state index < -0.39 is 0 Å². The monoisotopic (exact) mass is 263 g/mol. The number of hydrogen-bond acceptors (Lipinski definition) is 5.